The van der Waals surface area contributed by atoms with Gasteiger partial charge in [0.05, 0.1) is 4.92 Å². The fourth-order valence-electron chi connectivity index (χ4n) is 2.22. The second kappa shape index (κ2) is 5.54. The third-order valence-corrected chi connectivity index (χ3v) is 3.25. The Labute approximate surface area is 121 Å². The zero-order valence-corrected chi connectivity index (χ0v) is 11.2. The maximum absolute atomic E-state index is 10.8. The van der Waals surface area contributed by atoms with Gasteiger partial charge in [0.1, 0.15) is 0 Å². The zero-order chi connectivity index (χ0) is 14.7. The molecule has 0 N–H and O–H groups in total. The van der Waals surface area contributed by atoms with Gasteiger partial charge in [-0.15, -0.1) is 0 Å². The third kappa shape index (κ3) is 2.79. The molecule has 1 aromatic heterocycles. The number of para-hydroxylation sites is 1. The minimum Gasteiger partial charge on any atom is -0.258 e. The molecule has 0 aliphatic heterocycles. The lowest BCUT2D eigenvalue weighted by Crippen LogP contribution is -2.25. The second-order valence-electron chi connectivity index (χ2n) is 4.64. The van der Waals surface area contributed by atoms with E-state index in [1.54, 1.807) is 12.1 Å². The van der Waals surface area contributed by atoms with Crippen molar-refractivity contribution in [3.8, 4) is 0 Å². The van der Waals surface area contributed by atoms with Gasteiger partial charge >= 0.3 is 0 Å². The quantitative estimate of drug-likeness (QED) is 0.416. The highest BCUT2D eigenvalue weighted by Gasteiger charge is 2.06. The molecule has 0 unspecified atom stereocenters. The molecular formula is C17H13N2O2+. The number of hydrogen-bond acceptors (Lipinski definition) is 2. The molecule has 21 heavy (non-hydrogen) atoms. The first kappa shape index (κ1) is 13.0. The average Bonchev–Trinajstić information content (AvgIpc) is 2.53. The Hall–Kier alpha value is -3.01. The van der Waals surface area contributed by atoms with Crippen LogP contribution >= 0.6 is 0 Å². The minimum absolute atomic E-state index is 0.0973. The highest BCUT2D eigenvalue weighted by atomic mass is 16.6. The van der Waals surface area contributed by atoms with Crippen LogP contribution in [-0.4, -0.2) is 4.92 Å². The molecule has 3 rings (SSSR count). The Morgan fingerprint density at radius 1 is 1.00 bits per heavy atom. The van der Waals surface area contributed by atoms with Crippen molar-refractivity contribution in [2.45, 2.75) is 0 Å². The molecule has 1 heterocycles. The van der Waals surface area contributed by atoms with Gasteiger partial charge in [0, 0.05) is 35.7 Å². The number of nitro benzene ring substituents is 1. The van der Waals surface area contributed by atoms with Crippen LogP contribution in [0.15, 0.2) is 66.9 Å². The van der Waals surface area contributed by atoms with E-state index in [1.165, 1.54) is 6.07 Å². The Balaban J connectivity index is 1.98. The van der Waals surface area contributed by atoms with Crippen LogP contribution < -0.4 is 4.57 Å². The van der Waals surface area contributed by atoms with Gasteiger partial charge in [-0.3, -0.25) is 10.1 Å². The van der Waals surface area contributed by atoms with Gasteiger partial charge in [0.15, 0.2) is 12.4 Å². The number of fused-ring (bicyclic) bond motifs is 1. The van der Waals surface area contributed by atoms with Crippen molar-refractivity contribution in [2.75, 3.05) is 0 Å². The van der Waals surface area contributed by atoms with Crippen LogP contribution in [0.4, 0.5) is 5.69 Å². The Kier molecular flexibility index (Phi) is 3.43. The van der Waals surface area contributed by atoms with Crippen LogP contribution in [-0.2, 0) is 0 Å². The Bertz CT molecular complexity index is 836. The van der Waals surface area contributed by atoms with Gasteiger partial charge in [-0.1, -0.05) is 24.3 Å². The number of nitro groups is 1. The fraction of sp³-hybridized carbons (Fsp3) is 0. The minimum atomic E-state index is -0.387. The molecule has 4 heteroatoms. The number of benzene rings is 2. The average molecular weight is 277 g/mol. The van der Waals surface area contributed by atoms with Gasteiger partial charge in [-0.2, -0.15) is 4.57 Å². The molecule has 102 valence electrons. The van der Waals surface area contributed by atoms with Gasteiger partial charge in [0.25, 0.3) is 5.69 Å². The predicted octanol–water partition coefficient (Wildman–Crippen LogP) is 3.66. The number of rotatable bonds is 3. The number of non-ortho nitro benzene ring substituents is 1. The molecule has 4 nitrogen and oxygen atoms in total. The Morgan fingerprint density at radius 3 is 2.67 bits per heavy atom. The van der Waals surface area contributed by atoms with Gasteiger partial charge in [0.2, 0.25) is 5.52 Å². The van der Waals surface area contributed by atoms with Crippen molar-refractivity contribution in [1.82, 2.24) is 0 Å². The van der Waals surface area contributed by atoms with Gasteiger partial charge in [-0.25, -0.2) is 0 Å². The molecule has 0 saturated heterocycles. The van der Waals surface area contributed by atoms with E-state index < -0.39 is 0 Å². The summed E-state index contributed by atoms with van der Waals surface area (Å²) in [5, 5.41) is 11.9. The number of nitrogens with zero attached hydrogens (tertiary/aromatic N) is 2. The van der Waals surface area contributed by atoms with E-state index in [-0.39, 0.29) is 10.6 Å². The van der Waals surface area contributed by atoms with Crippen LogP contribution in [0.25, 0.3) is 23.2 Å². The molecular weight excluding hydrogens is 264 g/mol. The molecule has 3 aromatic rings. The van der Waals surface area contributed by atoms with Crippen LogP contribution in [0.3, 0.4) is 0 Å². The summed E-state index contributed by atoms with van der Waals surface area (Å²) in [7, 11) is 0. The summed E-state index contributed by atoms with van der Waals surface area (Å²) in [5.41, 5.74) is 1.98. The van der Waals surface area contributed by atoms with E-state index in [0.717, 1.165) is 16.5 Å². The summed E-state index contributed by atoms with van der Waals surface area (Å²) < 4.78 is 1.99. The van der Waals surface area contributed by atoms with E-state index in [1.807, 2.05) is 65.5 Å². The molecule has 0 spiro atoms. The Morgan fingerprint density at radius 2 is 1.81 bits per heavy atom. The topological polar surface area (TPSA) is 47.0 Å². The van der Waals surface area contributed by atoms with Crippen molar-refractivity contribution in [1.29, 1.82) is 0 Å². The number of hydrogen-bond donors (Lipinski definition) is 0. The van der Waals surface area contributed by atoms with Crippen molar-refractivity contribution < 1.29 is 9.49 Å². The monoisotopic (exact) mass is 277 g/mol. The van der Waals surface area contributed by atoms with E-state index in [0.29, 0.717) is 0 Å². The zero-order valence-electron chi connectivity index (χ0n) is 11.2. The molecule has 0 radical (unpaired) electrons. The lowest BCUT2D eigenvalue weighted by molar-refractivity contribution is -0.538. The van der Waals surface area contributed by atoms with Crippen molar-refractivity contribution in [3.05, 3.63) is 82.5 Å². The van der Waals surface area contributed by atoms with Crippen LogP contribution in [0, 0.1) is 10.1 Å². The molecule has 0 saturated carbocycles. The lowest BCUT2D eigenvalue weighted by atomic mass is 10.2. The maximum atomic E-state index is 10.8. The van der Waals surface area contributed by atoms with Crippen molar-refractivity contribution in [3.63, 3.8) is 0 Å². The summed E-state index contributed by atoms with van der Waals surface area (Å²) in [6, 6.07) is 18.7. The van der Waals surface area contributed by atoms with Crippen LogP contribution in [0.5, 0.6) is 0 Å². The highest BCUT2D eigenvalue weighted by molar-refractivity contribution is 5.76. The van der Waals surface area contributed by atoms with Gasteiger partial charge < -0.3 is 0 Å². The maximum Gasteiger partial charge on any atom is 0.270 e. The molecule has 0 fully saturated rings. The smallest absolute Gasteiger partial charge is 0.258 e. The van der Waals surface area contributed by atoms with Gasteiger partial charge in [-0.05, 0) is 17.7 Å². The number of aromatic nitrogens is 1. The lowest BCUT2D eigenvalue weighted by Gasteiger charge is -1.96. The standard InChI is InChI=1S/C17H13N2O2/c20-19(21)16-8-3-5-14(13-16)10-12-18-11-4-7-15-6-1-2-9-17(15)18/h1-13H/q+1. The second-order valence-corrected chi connectivity index (χ2v) is 4.64. The van der Waals surface area contributed by atoms with E-state index in [4.69, 9.17) is 0 Å². The molecule has 0 amide bonds. The first-order valence-electron chi connectivity index (χ1n) is 6.55. The van der Waals surface area contributed by atoms with Crippen LogP contribution in [0.1, 0.15) is 5.56 Å². The van der Waals surface area contributed by atoms with Crippen molar-refractivity contribution in [2.24, 2.45) is 0 Å². The predicted molar refractivity (Wildman–Crippen MR) is 82.5 cm³/mol. The van der Waals surface area contributed by atoms with E-state index >= 15 is 0 Å². The molecule has 0 atom stereocenters. The number of pyridine rings is 1. The van der Waals surface area contributed by atoms with E-state index in [9.17, 15) is 10.1 Å². The summed E-state index contributed by atoms with van der Waals surface area (Å²) in [4.78, 5) is 10.4. The molecule has 0 aliphatic carbocycles. The molecule has 0 bridgehead atoms. The first-order valence-corrected chi connectivity index (χ1v) is 6.55. The fourth-order valence-corrected chi connectivity index (χ4v) is 2.22. The summed E-state index contributed by atoms with van der Waals surface area (Å²) in [6.07, 6.45) is 5.72. The summed E-state index contributed by atoms with van der Waals surface area (Å²) in [6.45, 7) is 0. The normalized spacial score (nSPS) is 11.0. The summed E-state index contributed by atoms with van der Waals surface area (Å²) in [5.74, 6) is 0. The SMILES string of the molecule is O=[N+]([O-])c1cccc(C=C[n+]2cccc3ccccc32)c1. The van der Waals surface area contributed by atoms with Crippen molar-refractivity contribution >= 4 is 28.9 Å². The van der Waals surface area contributed by atoms with Crippen LogP contribution in [0.2, 0.25) is 0 Å². The highest BCUT2D eigenvalue weighted by Crippen LogP contribution is 2.14. The molecule has 0 aliphatic rings. The largest absolute Gasteiger partial charge is 0.270 e. The third-order valence-electron chi connectivity index (χ3n) is 3.25. The summed E-state index contributed by atoms with van der Waals surface area (Å²) >= 11 is 0. The molecule has 2 aromatic carbocycles. The first-order chi connectivity index (χ1) is 10.2. The van der Waals surface area contributed by atoms with E-state index in [2.05, 4.69) is 0 Å².